The van der Waals surface area contributed by atoms with Gasteiger partial charge in [0.1, 0.15) is 5.69 Å². The van der Waals surface area contributed by atoms with Crippen molar-refractivity contribution in [1.82, 2.24) is 15.0 Å². The molecule has 0 saturated heterocycles. The zero-order valence-corrected chi connectivity index (χ0v) is 11.9. The Hall–Kier alpha value is -3.15. The van der Waals surface area contributed by atoms with Crippen molar-refractivity contribution < 1.29 is 9.53 Å². The van der Waals surface area contributed by atoms with Gasteiger partial charge in [0.25, 0.3) is 0 Å². The molecule has 0 aliphatic rings. The summed E-state index contributed by atoms with van der Waals surface area (Å²) in [7, 11) is 0. The number of esters is 1. The number of carbonyl (C=O) groups is 1. The fourth-order valence-corrected chi connectivity index (χ4v) is 2.02. The van der Waals surface area contributed by atoms with Gasteiger partial charge in [0.2, 0.25) is 5.88 Å². The van der Waals surface area contributed by atoms with Gasteiger partial charge in [-0.3, -0.25) is 0 Å². The maximum absolute atomic E-state index is 12.2. The summed E-state index contributed by atoms with van der Waals surface area (Å²) in [6.45, 7) is 1.72. The van der Waals surface area contributed by atoms with E-state index in [1.54, 1.807) is 43.3 Å². The van der Waals surface area contributed by atoms with Crippen molar-refractivity contribution in [3.05, 3.63) is 65.9 Å². The van der Waals surface area contributed by atoms with Crippen LogP contribution in [0, 0.1) is 6.92 Å². The molecular formula is C16H14N4O2. The number of aromatic nitrogens is 3. The summed E-state index contributed by atoms with van der Waals surface area (Å²) in [5, 5.41) is 7.96. The van der Waals surface area contributed by atoms with E-state index in [4.69, 9.17) is 10.5 Å². The van der Waals surface area contributed by atoms with E-state index >= 15 is 0 Å². The number of hydrogen-bond donors (Lipinski definition) is 1. The Morgan fingerprint density at radius 3 is 2.50 bits per heavy atom. The number of nitrogens with zero attached hydrogens (tertiary/aromatic N) is 3. The molecule has 0 bridgehead atoms. The molecule has 0 aliphatic heterocycles. The molecule has 1 aromatic heterocycles. The molecule has 110 valence electrons. The fourth-order valence-electron chi connectivity index (χ4n) is 2.02. The van der Waals surface area contributed by atoms with Gasteiger partial charge in [-0.2, -0.15) is 4.68 Å². The highest BCUT2D eigenvalue weighted by Gasteiger charge is 2.18. The van der Waals surface area contributed by atoms with E-state index in [1.807, 2.05) is 18.2 Å². The van der Waals surface area contributed by atoms with Crippen LogP contribution in [-0.2, 0) is 0 Å². The fraction of sp³-hybridized carbons (Fsp3) is 0.0625. The lowest BCUT2D eigenvalue weighted by molar-refractivity contribution is 0.0721. The number of nitrogen functional groups attached to an aromatic ring is 1. The monoisotopic (exact) mass is 294 g/mol. The standard InChI is InChI=1S/C16H14N4O2/c1-11-15(22-16(21)12-7-3-2-4-8-12)20(19-18-11)14-10-6-5-9-13(14)17/h2-10H,17H2,1H3. The van der Waals surface area contributed by atoms with Crippen LogP contribution in [0.1, 0.15) is 16.1 Å². The summed E-state index contributed by atoms with van der Waals surface area (Å²) in [6, 6.07) is 15.9. The van der Waals surface area contributed by atoms with Crippen molar-refractivity contribution in [3.63, 3.8) is 0 Å². The van der Waals surface area contributed by atoms with Crippen LogP contribution in [0.2, 0.25) is 0 Å². The number of aryl methyl sites for hydroxylation is 1. The molecule has 0 radical (unpaired) electrons. The van der Waals surface area contributed by atoms with E-state index < -0.39 is 5.97 Å². The van der Waals surface area contributed by atoms with E-state index in [9.17, 15) is 4.79 Å². The lowest BCUT2D eigenvalue weighted by Crippen LogP contribution is -2.13. The van der Waals surface area contributed by atoms with Crippen molar-refractivity contribution >= 4 is 11.7 Å². The maximum Gasteiger partial charge on any atom is 0.344 e. The van der Waals surface area contributed by atoms with Crippen LogP contribution in [0.5, 0.6) is 5.88 Å². The second kappa shape index (κ2) is 5.69. The van der Waals surface area contributed by atoms with Crippen LogP contribution in [-0.4, -0.2) is 21.0 Å². The van der Waals surface area contributed by atoms with Gasteiger partial charge in [-0.15, -0.1) is 5.10 Å². The molecule has 6 nitrogen and oxygen atoms in total. The number of hydrogen-bond acceptors (Lipinski definition) is 5. The predicted octanol–water partition coefficient (Wildman–Crippen LogP) is 2.38. The predicted molar refractivity (Wildman–Crippen MR) is 81.9 cm³/mol. The number of carbonyl (C=O) groups excluding carboxylic acids is 1. The maximum atomic E-state index is 12.2. The highest BCUT2D eigenvalue weighted by Crippen LogP contribution is 2.24. The van der Waals surface area contributed by atoms with Gasteiger partial charge in [0.15, 0.2) is 0 Å². The zero-order valence-electron chi connectivity index (χ0n) is 11.9. The Bertz CT molecular complexity index is 812. The third kappa shape index (κ3) is 2.54. The minimum absolute atomic E-state index is 0.256. The van der Waals surface area contributed by atoms with Gasteiger partial charge in [-0.25, -0.2) is 4.79 Å². The number of para-hydroxylation sites is 2. The molecule has 0 unspecified atom stereocenters. The number of anilines is 1. The quantitative estimate of drug-likeness (QED) is 0.592. The third-order valence-corrected chi connectivity index (χ3v) is 3.15. The number of ether oxygens (including phenoxy) is 1. The first-order valence-corrected chi connectivity index (χ1v) is 6.71. The summed E-state index contributed by atoms with van der Waals surface area (Å²) in [5.41, 5.74) is 8.03. The molecular weight excluding hydrogens is 280 g/mol. The summed E-state index contributed by atoms with van der Waals surface area (Å²) in [4.78, 5) is 12.2. The average molecular weight is 294 g/mol. The van der Waals surface area contributed by atoms with E-state index in [1.165, 1.54) is 4.68 Å². The molecule has 0 spiro atoms. The Balaban J connectivity index is 1.97. The molecule has 0 amide bonds. The zero-order chi connectivity index (χ0) is 15.5. The van der Waals surface area contributed by atoms with Crippen LogP contribution < -0.4 is 10.5 Å². The number of benzene rings is 2. The highest BCUT2D eigenvalue weighted by molar-refractivity contribution is 5.91. The molecule has 3 rings (SSSR count). The molecule has 2 aromatic carbocycles. The van der Waals surface area contributed by atoms with Gasteiger partial charge in [-0.1, -0.05) is 35.5 Å². The molecule has 0 atom stereocenters. The molecule has 0 aliphatic carbocycles. The summed E-state index contributed by atoms with van der Waals surface area (Å²) in [6.07, 6.45) is 0. The average Bonchev–Trinajstić information content (AvgIpc) is 2.90. The van der Waals surface area contributed by atoms with Crippen molar-refractivity contribution in [1.29, 1.82) is 0 Å². The van der Waals surface area contributed by atoms with Crippen molar-refractivity contribution in [2.75, 3.05) is 5.73 Å². The Morgan fingerprint density at radius 1 is 1.09 bits per heavy atom. The smallest absolute Gasteiger partial charge is 0.344 e. The van der Waals surface area contributed by atoms with E-state index in [0.29, 0.717) is 22.6 Å². The Kier molecular flexibility index (Phi) is 3.57. The summed E-state index contributed by atoms with van der Waals surface area (Å²) < 4.78 is 6.88. The molecule has 3 aromatic rings. The first-order chi connectivity index (χ1) is 10.7. The molecule has 0 saturated carbocycles. The Labute approximate surface area is 127 Å². The second-order valence-electron chi connectivity index (χ2n) is 4.71. The first kappa shape index (κ1) is 13.8. The van der Waals surface area contributed by atoms with Gasteiger partial charge in [0, 0.05) is 0 Å². The van der Waals surface area contributed by atoms with E-state index in [0.717, 1.165) is 0 Å². The molecule has 0 fully saturated rings. The van der Waals surface area contributed by atoms with Gasteiger partial charge in [0.05, 0.1) is 16.9 Å². The molecule has 22 heavy (non-hydrogen) atoms. The van der Waals surface area contributed by atoms with Crippen LogP contribution >= 0.6 is 0 Å². The van der Waals surface area contributed by atoms with Crippen LogP contribution in [0.25, 0.3) is 5.69 Å². The topological polar surface area (TPSA) is 83.0 Å². The summed E-state index contributed by atoms with van der Waals surface area (Å²) in [5.74, 6) is -0.214. The lowest BCUT2D eigenvalue weighted by Gasteiger charge is -2.09. The van der Waals surface area contributed by atoms with Crippen molar-refractivity contribution in [2.45, 2.75) is 6.92 Å². The summed E-state index contributed by atoms with van der Waals surface area (Å²) >= 11 is 0. The van der Waals surface area contributed by atoms with E-state index in [2.05, 4.69) is 10.3 Å². The van der Waals surface area contributed by atoms with Crippen molar-refractivity contribution in [3.8, 4) is 11.6 Å². The number of rotatable bonds is 3. The van der Waals surface area contributed by atoms with Crippen molar-refractivity contribution in [2.24, 2.45) is 0 Å². The molecule has 2 N–H and O–H groups in total. The highest BCUT2D eigenvalue weighted by atomic mass is 16.5. The minimum atomic E-state index is -0.471. The molecule has 6 heteroatoms. The lowest BCUT2D eigenvalue weighted by atomic mass is 10.2. The largest absolute Gasteiger partial charge is 0.402 e. The van der Waals surface area contributed by atoms with E-state index in [-0.39, 0.29) is 5.88 Å². The second-order valence-corrected chi connectivity index (χ2v) is 4.71. The van der Waals surface area contributed by atoms with Gasteiger partial charge >= 0.3 is 5.97 Å². The first-order valence-electron chi connectivity index (χ1n) is 6.71. The minimum Gasteiger partial charge on any atom is -0.402 e. The van der Waals surface area contributed by atoms with Crippen LogP contribution in [0.3, 0.4) is 0 Å². The van der Waals surface area contributed by atoms with Gasteiger partial charge in [-0.05, 0) is 31.2 Å². The third-order valence-electron chi connectivity index (χ3n) is 3.15. The molecule has 1 heterocycles. The SMILES string of the molecule is Cc1nnn(-c2ccccc2N)c1OC(=O)c1ccccc1. The Morgan fingerprint density at radius 2 is 1.77 bits per heavy atom. The van der Waals surface area contributed by atoms with Crippen LogP contribution in [0.4, 0.5) is 5.69 Å². The normalized spacial score (nSPS) is 10.4. The van der Waals surface area contributed by atoms with Crippen LogP contribution in [0.15, 0.2) is 54.6 Å². The van der Waals surface area contributed by atoms with Gasteiger partial charge < -0.3 is 10.5 Å². The number of nitrogens with two attached hydrogens (primary N) is 1.